The number of benzene rings is 1. The number of nitrogens with zero attached hydrogens (tertiary/aromatic N) is 1. The molecule has 0 heterocycles. The smallest absolute Gasteiger partial charge is 0.406 e. The molecule has 1 aromatic rings. The summed E-state index contributed by atoms with van der Waals surface area (Å²) in [5.41, 5.74) is 0.911. The quantitative estimate of drug-likeness (QED) is 0.832. The van der Waals surface area contributed by atoms with E-state index in [0.29, 0.717) is 13.0 Å². The molecule has 0 unspecified atom stereocenters. The summed E-state index contributed by atoms with van der Waals surface area (Å²) in [5.74, 6) is -0.213. The van der Waals surface area contributed by atoms with E-state index < -0.39 is 6.36 Å². The molecule has 0 aromatic heterocycles. The van der Waals surface area contributed by atoms with Crippen LogP contribution in [0.2, 0.25) is 0 Å². The second-order valence-electron chi connectivity index (χ2n) is 4.14. The summed E-state index contributed by atoms with van der Waals surface area (Å²) in [6.45, 7) is 4.35. The van der Waals surface area contributed by atoms with Crippen LogP contribution < -0.4 is 4.74 Å². The molecule has 6 heteroatoms. The standard InChI is InChI=1S/C13H18F3NO2/c1-2-17(8-3-9-18)10-11-4-6-12(7-5-11)19-13(14,15)16/h4-7,18H,2-3,8-10H2,1H3. The molecule has 0 aliphatic rings. The summed E-state index contributed by atoms with van der Waals surface area (Å²) in [5, 5.41) is 8.77. The van der Waals surface area contributed by atoms with Crippen LogP contribution in [0, 0.1) is 0 Å². The fourth-order valence-electron chi connectivity index (χ4n) is 1.70. The number of halogens is 3. The van der Waals surface area contributed by atoms with Crippen molar-refractivity contribution in [2.24, 2.45) is 0 Å². The fraction of sp³-hybridized carbons (Fsp3) is 0.538. The van der Waals surface area contributed by atoms with Gasteiger partial charge in [0.05, 0.1) is 0 Å². The molecule has 0 radical (unpaired) electrons. The van der Waals surface area contributed by atoms with Gasteiger partial charge in [-0.15, -0.1) is 13.2 Å². The topological polar surface area (TPSA) is 32.7 Å². The van der Waals surface area contributed by atoms with Crippen molar-refractivity contribution >= 4 is 0 Å². The molecule has 0 atom stereocenters. The van der Waals surface area contributed by atoms with Gasteiger partial charge in [-0.2, -0.15) is 0 Å². The van der Waals surface area contributed by atoms with Crippen molar-refractivity contribution in [2.45, 2.75) is 26.3 Å². The molecule has 1 aromatic carbocycles. The lowest BCUT2D eigenvalue weighted by molar-refractivity contribution is -0.274. The zero-order chi connectivity index (χ0) is 14.3. The first-order valence-corrected chi connectivity index (χ1v) is 6.12. The van der Waals surface area contributed by atoms with Crippen LogP contribution in [-0.2, 0) is 6.54 Å². The van der Waals surface area contributed by atoms with Gasteiger partial charge in [0.25, 0.3) is 0 Å². The molecule has 0 bridgehead atoms. The van der Waals surface area contributed by atoms with Crippen molar-refractivity contribution in [1.82, 2.24) is 4.90 Å². The van der Waals surface area contributed by atoms with Crippen LogP contribution in [0.1, 0.15) is 18.9 Å². The van der Waals surface area contributed by atoms with Crippen molar-refractivity contribution in [1.29, 1.82) is 0 Å². The van der Waals surface area contributed by atoms with E-state index in [1.54, 1.807) is 12.1 Å². The molecule has 0 amide bonds. The molecule has 0 spiro atoms. The van der Waals surface area contributed by atoms with Crippen LogP contribution in [0.25, 0.3) is 0 Å². The molecule has 0 saturated heterocycles. The van der Waals surface area contributed by atoms with E-state index in [0.717, 1.165) is 18.7 Å². The SMILES string of the molecule is CCN(CCCO)Cc1ccc(OC(F)(F)F)cc1. The Morgan fingerprint density at radius 2 is 1.84 bits per heavy atom. The third-order valence-electron chi connectivity index (χ3n) is 2.64. The first-order chi connectivity index (χ1) is 8.94. The van der Waals surface area contributed by atoms with Crippen LogP contribution in [0.3, 0.4) is 0 Å². The van der Waals surface area contributed by atoms with Crippen LogP contribution in [0.15, 0.2) is 24.3 Å². The highest BCUT2D eigenvalue weighted by atomic mass is 19.4. The van der Waals surface area contributed by atoms with Crippen LogP contribution in [-0.4, -0.2) is 36.1 Å². The van der Waals surface area contributed by atoms with Crippen molar-refractivity contribution < 1.29 is 23.0 Å². The predicted octanol–water partition coefficient (Wildman–Crippen LogP) is 2.79. The molecule has 1 N–H and O–H groups in total. The van der Waals surface area contributed by atoms with Gasteiger partial charge in [-0.3, -0.25) is 4.90 Å². The molecular formula is C13H18F3NO2. The lowest BCUT2D eigenvalue weighted by Gasteiger charge is -2.20. The summed E-state index contributed by atoms with van der Waals surface area (Å²) in [7, 11) is 0. The minimum absolute atomic E-state index is 0.134. The lowest BCUT2D eigenvalue weighted by Crippen LogP contribution is -2.24. The van der Waals surface area contributed by atoms with E-state index in [4.69, 9.17) is 5.11 Å². The van der Waals surface area contributed by atoms with E-state index in [9.17, 15) is 13.2 Å². The average Bonchev–Trinajstić information content (AvgIpc) is 2.34. The zero-order valence-corrected chi connectivity index (χ0v) is 10.8. The van der Waals surface area contributed by atoms with Gasteiger partial charge in [0.15, 0.2) is 0 Å². The first-order valence-electron chi connectivity index (χ1n) is 6.12. The highest BCUT2D eigenvalue weighted by molar-refractivity contribution is 5.27. The van der Waals surface area contributed by atoms with E-state index in [-0.39, 0.29) is 12.4 Å². The highest BCUT2D eigenvalue weighted by Crippen LogP contribution is 2.23. The van der Waals surface area contributed by atoms with Gasteiger partial charge in [-0.25, -0.2) is 0 Å². The minimum Gasteiger partial charge on any atom is -0.406 e. The average molecular weight is 277 g/mol. The van der Waals surface area contributed by atoms with Gasteiger partial charge in [-0.05, 0) is 30.7 Å². The monoisotopic (exact) mass is 277 g/mol. The van der Waals surface area contributed by atoms with Crippen molar-refractivity contribution in [3.05, 3.63) is 29.8 Å². The molecule has 0 aliphatic carbocycles. The van der Waals surface area contributed by atoms with E-state index >= 15 is 0 Å². The fourth-order valence-corrected chi connectivity index (χ4v) is 1.70. The minimum atomic E-state index is -4.65. The number of hydrogen-bond acceptors (Lipinski definition) is 3. The van der Waals surface area contributed by atoms with Gasteiger partial charge in [0.1, 0.15) is 5.75 Å². The Labute approximate surface area is 110 Å². The van der Waals surface area contributed by atoms with Crippen molar-refractivity contribution in [2.75, 3.05) is 19.7 Å². The van der Waals surface area contributed by atoms with Crippen LogP contribution >= 0.6 is 0 Å². The Morgan fingerprint density at radius 3 is 2.32 bits per heavy atom. The van der Waals surface area contributed by atoms with Crippen LogP contribution in [0.4, 0.5) is 13.2 Å². The normalized spacial score (nSPS) is 11.9. The van der Waals surface area contributed by atoms with Crippen molar-refractivity contribution in [3.8, 4) is 5.75 Å². The maximum absolute atomic E-state index is 12.0. The maximum Gasteiger partial charge on any atom is 0.573 e. The number of alkyl halides is 3. The largest absolute Gasteiger partial charge is 0.573 e. The Balaban J connectivity index is 2.55. The molecule has 0 aliphatic heterocycles. The second-order valence-corrected chi connectivity index (χ2v) is 4.14. The molecule has 0 fully saturated rings. The number of rotatable bonds is 7. The number of ether oxygens (including phenoxy) is 1. The summed E-state index contributed by atoms with van der Waals surface area (Å²) in [6, 6.07) is 5.84. The van der Waals surface area contributed by atoms with E-state index in [1.807, 2.05) is 6.92 Å². The summed E-state index contributed by atoms with van der Waals surface area (Å²) >= 11 is 0. The Bertz CT molecular complexity index is 365. The summed E-state index contributed by atoms with van der Waals surface area (Å²) in [6.07, 6.45) is -3.97. The van der Waals surface area contributed by atoms with Gasteiger partial charge in [0, 0.05) is 19.7 Å². The van der Waals surface area contributed by atoms with Crippen LogP contribution in [0.5, 0.6) is 5.75 Å². The van der Waals surface area contributed by atoms with E-state index in [2.05, 4.69) is 9.64 Å². The molecule has 19 heavy (non-hydrogen) atoms. The molecular weight excluding hydrogens is 259 g/mol. The number of aliphatic hydroxyl groups excluding tert-OH is 1. The molecule has 108 valence electrons. The number of hydrogen-bond donors (Lipinski definition) is 1. The Morgan fingerprint density at radius 1 is 1.21 bits per heavy atom. The Hall–Kier alpha value is -1.27. The predicted molar refractivity (Wildman–Crippen MR) is 65.8 cm³/mol. The van der Waals surface area contributed by atoms with E-state index in [1.165, 1.54) is 12.1 Å². The summed E-state index contributed by atoms with van der Waals surface area (Å²) < 4.78 is 39.8. The second kappa shape index (κ2) is 7.35. The van der Waals surface area contributed by atoms with Gasteiger partial charge in [-0.1, -0.05) is 19.1 Å². The molecule has 1 rings (SSSR count). The first kappa shape index (κ1) is 15.8. The summed E-state index contributed by atoms with van der Waals surface area (Å²) in [4.78, 5) is 2.11. The Kier molecular flexibility index (Phi) is 6.11. The van der Waals surface area contributed by atoms with Gasteiger partial charge < -0.3 is 9.84 Å². The zero-order valence-electron chi connectivity index (χ0n) is 10.8. The molecule has 3 nitrogen and oxygen atoms in total. The third kappa shape index (κ3) is 6.45. The van der Waals surface area contributed by atoms with Gasteiger partial charge in [0.2, 0.25) is 0 Å². The number of aliphatic hydroxyl groups is 1. The highest BCUT2D eigenvalue weighted by Gasteiger charge is 2.30. The maximum atomic E-state index is 12.0. The lowest BCUT2D eigenvalue weighted by atomic mass is 10.2. The van der Waals surface area contributed by atoms with Crippen molar-refractivity contribution in [3.63, 3.8) is 0 Å². The van der Waals surface area contributed by atoms with Gasteiger partial charge >= 0.3 is 6.36 Å². The molecule has 0 saturated carbocycles. The third-order valence-corrected chi connectivity index (χ3v) is 2.64.